The first-order valence-electron chi connectivity index (χ1n) is 10.0. The van der Waals surface area contributed by atoms with Crippen LogP contribution in [0.5, 0.6) is 0 Å². The first-order valence-corrected chi connectivity index (χ1v) is 10.9. The molecule has 0 aliphatic carbocycles. The minimum atomic E-state index is -4.55. The van der Waals surface area contributed by atoms with E-state index < -0.39 is 23.9 Å². The molecule has 34 heavy (non-hydrogen) atoms. The minimum absolute atomic E-state index is 0.148. The smallest absolute Gasteiger partial charge is 0.366 e. The van der Waals surface area contributed by atoms with E-state index in [0.29, 0.717) is 29.0 Å². The number of pyridine rings is 2. The molecule has 1 atom stereocenters. The van der Waals surface area contributed by atoms with Crippen LogP contribution in [0.25, 0.3) is 16.8 Å². The fourth-order valence-electron chi connectivity index (χ4n) is 3.52. The number of carbonyl (C=O) groups excluding carboxylic acids is 1. The molecule has 0 unspecified atom stereocenters. The molecule has 1 aliphatic heterocycles. The lowest BCUT2D eigenvalue weighted by Crippen LogP contribution is -2.33. The third kappa shape index (κ3) is 4.12. The fourth-order valence-corrected chi connectivity index (χ4v) is 4.46. The van der Waals surface area contributed by atoms with E-state index in [2.05, 4.69) is 25.4 Å². The van der Waals surface area contributed by atoms with E-state index in [4.69, 9.17) is 10.6 Å². The number of carbonyl (C=O) groups is 1. The van der Waals surface area contributed by atoms with Crippen LogP contribution in [0, 0.1) is 6.92 Å². The number of halogens is 3. The van der Waals surface area contributed by atoms with Gasteiger partial charge in [-0.2, -0.15) is 23.2 Å². The van der Waals surface area contributed by atoms with E-state index in [1.165, 1.54) is 4.52 Å². The molecular formula is C20H17F3N8O2S. The van der Waals surface area contributed by atoms with Gasteiger partial charge in [-0.3, -0.25) is 9.82 Å². The molecule has 1 fully saturated rings. The molecule has 0 spiro atoms. The summed E-state index contributed by atoms with van der Waals surface area (Å²) in [7, 11) is 0. The van der Waals surface area contributed by atoms with Crippen LogP contribution in [0.1, 0.15) is 28.9 Å². The monoisotopic (exact) mass is 490 g/mol. The van der Waals surface area contributed by atoms with Gasteiger partial charge in [0.1, 0.15) is 11.0 Å². The zero-order valence-corrected chi connectivity index (χ0v) is 18.4. The number of thiazole rings is 1. The first-order chi connectivity index (χ1) is 16.2. The molecule has 176 valence electrons. The molecule has 1 saturated heterocycles. The second-order valence-corrected chi connectivity index (χ2v) is 8.40. The van der Waals surface area contributed by atoms with E-state index in [0.717, 1.165) is 27.3 Å². The number of fused-ring (bicyclic) bond motifs is 1. The molecular weight excluding hydrogens is 473 g/mol. The Bertz CT molecular complexity index is 1390. The van der Waals surface area contributed by atoms with Crippen LogP contribution in [0.2, 0.25) is 0 Å². The van der Waals surface area contributed by atoms with E-state index in [-0.39, 0.29) is 17.6 Å². The Morgan fingerprint density at radius 1 is 1.29 bits per heavy atom. The number of amides is 2. The summed E-state index contributed by atoms with van der Waals surface area (Å²) in [6.07, 6.45) is -0.838. The van der Waals surface area contributed by atoms with Gasteiger partial charge in [0.15, 0.2) is 11.3 Å². The summed E-state index contributed by atoms with van der Waals surface area (Å²) >= 11 is 0.839. The lowest BCUT2D eigenvalue weighted by atomic mass is 10.1. The van der Waals surface area contributed by atoms with Crippen LogP contribution in [0.15, 0.2) is 36.0 Å². The summed E-state index contributed by atoms with van der Waals surface area (Å²) < 4.78 is 40.4. The van der Waals surface area contributed by atoms with Crippen LogP contribution < -0.4 is 11.1 Å². The minimum Gasteiger partial charge on any atom is -0.366 e. The second-order valence-electron chi connectivity index (χ2n) is 7.51. The predicted molar refractivity (Wildman–Crippen MR) is 117 cm³/mol. The van der Waals surface area contributed by atoms with Crippen molar-refractivity contribution < 1.29 is 22.8 Å². The highest BCUT2D eigenvalue weighted by molar-refractivity contribution is 7.09. The quantitative estimate of drug-likeness (QED) is 0.444. The second kappa shape index (κ2) is 8.22. The maximum atomic E-state index is 13.0. The van der Waals surface area contributed by atoms with Crippen molar-refractivity contribution in [1.82, 2.24) is 29.6 Å². The highest BCUT2D eigenvalue weighted by atomic mass is 32.1. The van der Waals surface area contributed by atoms with E-state index >= 15 is 0 Å². The highest BCUT2D eigenvalue weighted by Crippen LogP contribution is 2.37. The zero-order valence-electron chi connectivity index (χ0n) is 17.6. The average molecular weight is 490 g/mol. The molecule has 5 heterocycles. The van der Waals surface area contributed by atoms with Crippen LogP contribution in [-0.2, 0) is 11.0 Å². The van der Waals surface area contributed by atoms with Crippen LogP contribution in [0.4, 0.5) is 29.6 Å². The molecule has 2 amide bonds. The van der Waals surface area contributed by atoms with Gasteiger partial charge in [-0.1, -0.05) is 0 Å². The van der Waals surface area contributed by atoms with E-state index in [1.807, 2.05) is 6.07 Å². The summed E-state index contributed by atoms with van der Waals surface area (Å²) in [5.41, 5.74) is 7.67. The maximum absolute atomic E-state index is 13.0. The number of urea groups is 1. The van der Waals surface area contributed by atoms with E-state index in [9.17, 15) is 18.0 Å². The van der Waals surface area contributed by atoms with Gasteiger partial charge < -0.3 is 11.1 Å². The number of hydrogen-bond acceptors (Lipinski definition) is 8. The molecule has 0 bridgehead atoms. The molecule has 10 nitrogen and oxygen atoms in total. The van der Waals surface area contributed by atoms with Crippen molar-refractivity contribution in [3.8, 4) is 11.1 Å². The number of nitrogens with one attached hydrogen (secondary N) is 1. The van der Waals surface area contributed by atoms with E-state index in [1.54, 1.807) is 31.5 Å². The number of hydrogen-bond donors (Lipinski definition) is 2. The number of anilines is 2. The normalized spacial score (nSPS) is 16.4. The Kier molecular flexibility index (Phi) is 5.32. The molecule has 5 rings (SSSR count). The van der Waals surface area contributed by atoms with Gasteiger partial charge >= 0.3 is 12.2 Å². The van der Waals surface area contributed by atoms with Gasteiger partial charge in [-0.15, -0.1) is 16.4 Å². The first kappa shape index (κ1) is 22.0. The Balaban J connectivity index is 1.38. The van der Waals surface area contributed by atoms with Crippen molar-refractivity contribution in [2.45, 2.75) is 25.6 Å². The molecule has 4 aromatic heterocycles. The Morgan fingerprint density at radius 2 is 2.12 bits per heavy atom. The Labute approximate surface area is 194 Å². The van der Waals surface area contributed by atoms with Crippen molar-refractivity contribution in [3.63, 3.8) is 0 Å². The number of aryl methyl sites for hydroxylation is 1. The Morgan fingerprint density at radius 3 is 2.88 bits per heavy atom. The third-order valence-electron chi connectivity index (χ3n) is 5.21. The van der Waals surface area contributed by atoms with Gasteiger partial charge in [0.25, 0.3) is 0 Å². The molecule has 14 heteroatoms. The number of alkyl halides is 3. The number of aromatic nitrogens is 5. The molecule has 3 N–H and O–H groups in total. The maximum Gasteiger partial charge on any atom is 0.434 e. The van der Waals surface area contributed by atoms with Crippen molar-refractivity contribution in [2.75, 3.05) is 17.7 Å². The molecule has 0 saturated carbocycles. The van der Waals surface area contributed by atoms with Crippen molar-refractivity contribution >= 4 is 34.7 Å². The SMILES string of the molecule is Cc1ncc(-c2ccc3nc(N)nn3c2)cc1NC(=O)N1OCC[C@H]1c1nc(C(F)(F)F)cs1. The number of nitrogen functional groups attached to an aromatic ring is 1. The standard InChI is InChI=1S/C20H17F3N8O2S/c1-10-13(6-12(7-25-10)11-2-3-16-28-18(24)29-30(16)8-11)26-19(32)31-14(4-5-33-31)17-27-15(9-34-17)20(21,22)23/h2-3,6-9,14H,4-5H2,1H3,(H2,24,29)(H,26,32)/t14-/m0/s1. The van der Waals surface area contributed by atoms with Gasteiger partial charge in [-0.05, 0) is 25.1 Å². The van der Waals surface area contributed by atoms with Crippen molar-refractivity contribution in [1.29, 1.82) is 0 Å². The van der Waals surface area contributed by atoms with Crippen LogP contribution in [-0.4, -0.2) is 42.3 Å². The molecule has 1 aliphatic rings. The molecule has 0 aromatic carbocycles. The summed E-state index contributed by atoms with van der Waals surface area (Å²) in [5.74, 6) is 0.148. The Hall–Kier alpha value is -3.78. The average Bonchev–Trinajstić information content (AvgIpc) is 3.52. The van der Waals surface area contributed by atoms with Gasteiger partial charge in [0, 0.05) is 35.3 Å². The lowest BCUT2D eigenvalue weighted by Gasteiger charge is -2.22. The van der Waals surface area contributed by atoms with Gasteiger partial charge in [-0.25, -0.2) is 14.3 Å². The zero-order chi connectivity index (χ0) is 24.0. The van der Waals surface area contributed by atoms with Gasteiger partial charge in [0.2, 0.25) is 5.95 Å². The van der Waals surface area contributed by atoms with Gasteiger partial charge in [0.05, 0.1) is 18.0 Å². The third-order valence-corrected chi connectivity index (χ3v) is 6.16. The summed E-state index contributed by atoms with van der Waals surface area (Å²) in [6.45, 7) is 1.90. The number of rotatable bonds is 3. The van der Waals surface area contributed by atoms with Crippen LogP contribution in [0.3, 0.4) is 0 Å². The predicted octanol–water partition coefficient (Wildman–Crippen LogP) is 4.07. The van der Waals surface area contributed by atoms with Crippen molar-refractivity contribution in [2.24, 2.45) is 0 Å². The lowest BCUT2D eigenvalue weighted by molar-refractivity contribution is -0.141. The highest BCUT2D eigenvalue weighted by Gasteiger charge is 2.38. The molecule has 4 aromatic rings. The topological polar surface area (TPSA) is 124 Å². The molecule has 0 radical (unpaired) electrons. The number of nitrogens with two attached hydrogens (primary N) is 1. The summed E-state index contributed by atoms with van der Waals surface area (Å²) in [5, 5.41) is 8.94. The largest absolute Gasteiger partial charge is 0.434 e. The summed E-state index contributed by atoms with van der Waals surface area (Å²) in [4.78, 5) is 30.5. The number of hydroxylamine groups is 2. The fraction of sp³-hybridized carbons (Fsp3) is 0.250. The van der Waals surface area contributed by atoms with Crippen LogP contribution >= 0.6 is 11.3 Å². The summed E-state index contributed by atoms with van der Waals surface area (Å²) in [6, 6.07) is 3.95. The number of nitrogens with zero attached hydrogens (tertiary/aromatic N) is 6. The van der Waals surface area contributed by atoms with Crippen molar-refractivity contribution in [3.05, 3.63) is 52.4 Å².